The van der Waals surface area contributed by atoms with Crippen LogP contribution in [0.15, 0.2) is 67.1 Å². The lowest BCUT2D eigenvalue weighted by atomic mass is 9.89. The SMILES string of the molecule is C=C1CCc2cc(NC(=C)C(C)(C)/C=C\C=C/C)ccc2N1. The van der Waals surface area contributed by atoms with Gasteiger partial charge in [-0.2, -0.15) is 0 Å². The first-order valence-electron chi connectivity index (χ1n) is 7.77. The summed E-state index contributed by atoms with van der Waals surface area (Å²) >= 11 is 0. The number of aryl methyl sites for hydroxylation is 1. The van der Waals surface area contributed by atoms with E-state index in [9.17, 15) is 0 Å². The normalized spacial score (nSPS) is 15.0. The van der Waals surface area contributed by atoms with Gasteiger partial charge in [-0.25, -0.2) is 0 Å². The first-order chi connectivity index (χ1) is 10.4. The summed E-state index contributed by atoms with van der Waals surface area (Å²) in [4.78, 5) is 0. The molecular formula is C20H26N2. The van der Waals surface area contributed by atoms with Crippen LogP contribution in [0.4, 0.5) is 11.4 Å². The first kappa shape index (κ1) is 16.2. The van der Waals surface area contributed by atoms with Gasteiger partial charge in [0, 0.05) is 28.2 Å². The van der Waals surface area contributed by atoms with Gasteiger partial charge in [-0.3, -0.25) is 0 Å². The average molecular weight is 294 g/mol. The molecule has 0 atom stereocenters. The van der Waals surface area contributed by atoms with Crippen molar-refractivity contribution in [3.63, 3.8) is 0 Å². The summed E-state index contributed by atoms with van der Waals surface area (Å²) in [6.45, 7) is 14.5. The van der Waals surface area contributed by atoms with Crippen molar-refractivity contribution in [2.24, 2.45) is 5.41 Å². The molecule has 1 aromatic rings. The number of nitrogens with one attached hydrogen (secondary N) is 2. The molecule has 0 saturated heterocycles. The van der Waals surface area contributed by atoms with Crippen molar-refractivity contribution in [3.8, 4) is 0 Å². The maximum absolute atomic E-state index is 4.21. The molecule has 0 aliphatic carbocycles. The van der Waals surface area contributed by atoms with Gasteiger partial charge in [0.05, 0.1) is 0 Å². The Morgan fingerprint density at radius 2 is 2.05 bits per heavy atom. The third-order valence-corrected chi connectivity index (χ3v) is 4.00. The van der Waals surface area contributed by atoms with E-state index in [2.05, 4.69) is 68.0 Å². The van der Waals surface area contributed by atoms with E-state index in [4.69, 9.17) is 0 Å². The highest BCUT2D eigenvalue weighted by atomic mass is 14.9. The van der Waals surface area contributed by atoms with Crippen LogP contribution in [0, 0.1) is 5.41 Å². The minimum Gasteiger partial charge on any atom is -0.359 e. The zero-order valence-corrected chi connectivity index (χ0v) is 13.9. The van der Waals surface area contributed by atoms with Crippen molar-refractivity contribution in [2.75, 3.05) is 10.6 Å². The topological polar surface area (TPSA) is 24.1 Å². The van der Waals surface area contributed by atoms with Gasteiger partial charge in [0.1, 0.15) is 0 Å². The Labute approximate surface area is 134 Å². The van der Waals surface area contributed by atoms with Gasteiger partial charge in [-0.15, -0.1) is 0 Å². The molecule has 0 amide bonds. The summed E-state index contributed by atoms with van der Waals surface area (Å²) in [6.07, 6.45) is 10.3. The maximum Gasteiger partial charge on any atom is 0.0415 e. The predicted octanol–water partition coefficient (Wildman–Crippen LogP) is 5.64. The number of hydrogen-bond donors (Lipinski definition) is 2. The molecule has 2 N–H and O–H groups in total. The summed E-state index contributed by atoms with van der Waals surface area (Å²) in [6, 6.07) is 6.39. The van der Waals surface area contributed by atoms with Crippen LogP contribution in [0.5, 0.6) is 0 Å². The standard InChI is InChI=1S/C20H26N2/c1-6-7-8-13-20(4,5)16(3)22-18-11-12-19-17(14-18)10-9-15(2)21-19/h6-8,11-14,21-22H,2-3,9-10H2,1,4-5H3/b7-6-,13-8-. The monoisotopic (exact) mass is 294 g/mol. The van der Waals surface area contributed by atoms with Crippen LogP contribution in [0.25, 0.3) is 0 Å². The number of anilines is 2. The summed E-state index contributed by atoms with van der Waals surface area (Å²) < 4.78 is 0. The van der Waals surface area contributed by atoms with Gasteiger partial charge in [-0.1, -0.05) is 51.3 Å². The molecule has 0 aromatic heterocycles. The molecule has 0 fully saturated rings. The molecule has 1 aliphatic heterocycles. The number of fused-ring (bicyclic) bond motifs is 1. The first-order valence-corrected chi connectivity index (χ1v) is 7.77. The molecule has 1 aromatic carbocycles. The van der Waals surface area contributed by atoms with E-state index in [1.54, 1.807) is 0 Å². The van der Waals surface area contributed by atoms with Gasteiger partial charge >= 0.3 is 0 Å². The summed E-state index contributed by atoms with van der Waals surface area (Å²) in [5.41, 5.74) is 5.55. The second kappa shape index (κ2) is 6.69. The third kappa shape index (κ3) is 3.91. The molecule has 2 heteroatoms. The number of allylic oxidation sites excluding steroid dienone is 5. The predicted molar refractivity (Wildman–Crippen MR) is 98.0 cm³/mol. The molecule has 1 heterocycles. The van der Waals surface area contributed by atoms with Crippen LogP contribution in [-0.4, -0.2) is 0 Å². The van der Waals surface area contributed by atoms with Crippen LogP contribution < -0.4 is 10.6 Å². The van der Waals surface area contributed by atoms with Gasteiger partial charge in [0.15, 0.2) is 0 Å². The van der Waals surface area contributed by atoms with E-state index < -0.39 is 0 Å². The van der Waals surface area contributed by atoms with Crippen molar-refractivity contribution in [1.29, 1.82) is 0 Å². The molecule has 0 bridgehead atoms. The van der Waals surface area contributed by atoms with E-state index in [0.29, 0.717) is 0 Å². The van der Waals surface area contributed by atoms with Gasteiger partial charge in [-0.05, 0) is 43.5 Å². The molecule has 0 radical (unpaired) electrons. The van der Waals surface area contributed by atoms with E-state index in [1.807, 2.05) is 19.1 Å². The molecule has 0 spiro atoms. The van der Waals surface area contributed by atoms with E-state index in [0.717, 1.165) is 29.9 Å². The second-order valence-electron chi connectivity index (χ2n) is 6.31. The molecule has 2 rings (SSSR count). The average Bonchev–Trinajstić information content (AvgIpc) is 2.47. The van der Waals surface area contributed by atoms with E-state index >= 15 is 0 Å². The fourth-order valence-corrected chi connectivity index (χ4v) is 2.38. The van der Waals surface area contributed by atoms with Crippen molar-refractivity contribution in [2.45, 2.75) is 33.6 Å². The van der Waals surface area contributed by atoms with Crippen molar-refractivity contribution in [3.05, 3.63) is 72.6 Å². The minimum absolute atomic E-state index is 0.109. The summed E-state index contributed by atoms with van der Waals surface area (Å²) in [7, 11) is 0. The smallest absolute Gasteiger partial charge is 0.0415 e. The zero-order chi connectivity index (χ0) is 16.2. The lowest BCUT2D eigenvalue weighted by Crippen LogP contribution is -2.17. The highest BCUT2D eigenvalue weighted by Crippen LogP contribution is 2.32. The highest BCUT2D eigenvalue weighted by molar-refractivity contribution is 5.64. The summed E-state index contributed by atoms with van der Waals surface area (Å²) in [5, 5.41) is 6.79. The maximum atomic E-state index is 4.21. The number of benzene rings is 1. The van der Waals surface area contributed by atoms with E-state index in [-0.39, 0.29) is 5.41 Å². The van der Waals surface area contributed by atoms with Gasteiger partial charge < -0.3 is 10.6 Å². The Morgan fingerprint density at radius 3 is 2.77 bits per heavy atom. The third-order valence-electron chi connectivity index (χ3n) is 4.00. The van der Waals surface area contributed by atoms with Crippen molar-refractivity contribution >= 4 is 11.4 Å². The lowest BCUT2D eigenvalue weighted by Gasteiger charge is -2.26. The Balaban J connectivity index is 2.10. The molecular weight excluding hydrogens is 268 g/mol. The highest BCUT2D eigenvalue weighted by Gasteiger charge is 2.19. The molecule has 2 nitrogen and oxygen atoms in total. The fourth-order valence-electron chi connectivity index (χ4n) is 2.38. The zero-order valence-electron chi connectivity index (χ0n) is 13.9. The largest absolute Gasteiger partial charge is 0.359 e. The molecule has 0 unspecified atom stereocenters. The molecule has 1 aliphatic rings. The van der Waals surface area contributed by atoms with Crippen LogP contribution >= 0.6 is 0 Å². The minimum atomic E-state index is -0.109. The summed E-state index contributed by atoms with van der Waals surface area (Å²) in [5.74, 6) is 0. The molecule has 0 saturated carbocycles. The fraction of sp³-hybridized carbons (Fsp3) is 0.300. The van der Waals surface area contributed by atoms with E-state index in [1.165, 1.54) is 11.3 Å². The van der Waals surface area contributed by atoms with Crippen LogP contribution in [0.2, 0.25) is 0 Å². The molecule has 22 heavy (non-hydrogen) atoms. The Hall–Kier alpha value is -2.22. The Kier molecular flexibility index (Phi) is 4.92. The van der Waals surface area contributed by atoms with Crippen molar-refractivity contribution in [1.82, 2.24) is 0 Å². The van der Waals surface area contributed by atoms with Crippen molar-refractivity contribution < 1.29 is 0 Å². The molecule has 116 valence electrons. The van der Waals surface area contributed by atoms with Crippen LogP contribution in [0.1, 0.15) is 32.8 Å². The van der Waals surface area contributed by atoms with Gasteiger partial charge in [0.25, 0.3) is 0 Å². The number of hydrogen-bond acceptors (Lipinski definition) is 2. The Morgan fingerprint density at radius 1 is 1.27 bits per heavy atom. The van der Waals surface area contributed by atoms with Crippen LogP contribution in [-0.2, 0) is 6.42 Å². The second-order valence-corrected chi connectivity index (χ2v) is 6.31. The lowest BCUT2D eigenvalue weighted by molar-refractivity contribution is 0.586. The quantitative estimate of drug-likeness (QED) is 0.686. The number of rotatable bonds is 5. The Bertz CT molecular complexity index is 633. The van der Waals surface area contributed by atoms with Gasteiger partial charge in [0.2, 0.25) is 0 Å². The van der Waals surface area contributed by atoms with Crippen LogP contribution in [0.3, 0.4) is 0 Å².